The minimum atomic E-state index is -2.56. The zero-order valence-electron chi connectivity index (χ0n) is 8.16. The van der Waals surface area contributed by atoms with E-state index in [9.17, 15) is 13.6 Å². The second kappa shape index (κ2) is 6.24. The van der Waals surface area contributed by atoms with Gasteiger partial charge >= 0.3 is 0 Å². The average molecular weight is 240 g/mol. The molecule has 1 heterocycles. The van der Waals surface area contributed by atoms with Crippen LogP contribution in [0.5, 0.6) is 0 Å². The normalized spacial score (nSPS) is 20.9. The molecular weight excluding hydrogens is 226 g/mol. The van der Waals surface area contributed by atoms with Crippen molar-refractivity contribution >= 4 is 17.7 Å². The van der Waals surface area contributed by atoms with Gasteiger partial charge in [-0.2, -0.15) is 0 Å². The lowest BCUT2D eigenvalue weighted by Crippen LogP contribution is -2.47. The van der Waals surface area contributed by atoms with Crippen molar-refractivity contribution in [1.29, 1.82) is 0 Å². The Balaban J connectivity index is 2.49. The second-order valence-corrected chi connectivity index (χ2v) is 4.20. The van der Waals surface area contributed by atoms with Crippen LogP contribution in [0.25, 0.3) is 0 Å². The fourth-order valence-electron chi connectivity index (χ4n) is 1.35. The van der Waals surface area contributed by atoms with E-state index in [-0.39, 0.29) is 25.1 Å². The van der Waals surface area contributed by atoms with Crippen LogP contribution in [0.1, 0.15) is 0 Å². The zero-order chi connectivity index (χ0) is 11.3. The van der Waals surface area contributed by atoms with Crippen LogP contribution in [0.4, 0.5) is 8.78 Å². The van der Waals surface area contributed by atoms with Gasteiger partial charge in [-0.15, -0.1) is 11.8 Å². The van der Waals surface area contributed by atoms with Gasteiger partial charge in [-0.1, -0.05) is 0 Å². The molecule has 1 aliphatic rings. The van der Waals surface area contributed by atoms with Gasteiger partial charge in [0, 0.05) is 18.2 Å². The number of carbonyl (C=O) groups is 1. The molecule has 7 heteroatoms. The van der Waals surface area contributed by atoms with Crippen molar-refractivity contribution in [3.8, 4) is 0 Å². The molecule has 1 amide bonds. The average Bonchev–Trinajstić information content (AvgIpc) is 2.68. The van der Waals surface area contributed by atoms with E-state index in [1.165, 1.54) is 0 Å². The van der Waals surface area contributed by atoms with Crippen LogP contribution in [0, 0.1) is 0 Å². The summed E-state index contributed by atoms with van der Waals surface area (Å²) in [5.41, 5.74) is 0. The summed E-state index contributed by atoms with van der Waals surface area (Å²) in [6.07, 6.45) is -2.56. The van der Waals surface area contributed by atoms with Gasteiger partial charge < -0.3 is 10.0 Å². The molecule has 1 aliphatic heterocycles. The van der Waals surface area contributed by atoms with Gasteiger partial charge in [-0.3, -0.25) is 10.1 Å². The number of rotatable bonds is 5. The summed E-state index contributed by atoms with van der Waals surface area (Å²) in [7, 11) is 0. The fraction of sp³-hybridized carbons (Fsp3) is 0.875. The summed E-state index contributed by atoms with van der Waals surface area (Å²) in [5, 5.41) is 11.6. The van der Waals surface area contributed by atoms with Crippen LogP contribution in [-0.2, 0) is 4.79 Å². The Morgan fingerprint density at radius 3 is 2.87 bits per heavy atom. The van der Waals surface area contributed by atoms with Gasteiger partial charge in [-0.05, 0) is 0 Å². The van der Waals surface area contributed by atoms with Crippen molar-refractivity contribution in [2.24, 2.45) is 0 Å². The number of hydrogen-bond acceptors (Lipinski definition) is 4. The zero-order valence-corrected chi connectivity index (χ0v) is 8.97. The molecule has 0 aromatic heterocycles. The summed E-state index contributed by atoms with van der Waals surface area (Å²) in [5.74, 6) is 0.913. The Morgan fingerprint density at radius 2 is 2.40 bits per heavy atom. The number of thioether (sulfide) groups is 1. The molecule has 0 aromatic carbocycles. The molecule has 4 nitrogen and oxygen atoms in total. The summed E-state index contributed by atoms with van der Waals surface area (Å²) >= 11 is 1.56. The largest absolute Gasteiger partial charge is 0.395 e. The molecule has 1 saturated heterocycles. The Hall–Kier alpha value is -0.400. The quantitative estimate of drug-likeness (QED) is 0.695. The first-order valence-corrected chi connectivity index (χ1v) is 5.79. The number of hydrogen-bond donors (Lipinski definition) is 2. The Morgan fingerprint density at radius 1 is 1.67 bits per heavy atom. The Bertz CT molecular complexity index is 213. The lowest BCUT2D eigenvalue weighted by molar-refractivity contribution is -0.135. The highest BCUT2D eigenvalue weighted by Gasteiger charge is 2.28. The van der Waals surface area contributed by atoms with Crippen LogP contribution >= 0.6 is 11.8 Å². The van der Waals surface area contributed by atoms with Crippen molar-refractivity contribution in [3.05, 3.63) is 0 Å². The predicted molar refractivity (Wildman–Crippen MR) is 53.9 cm³/mol. The molecule has 1 unspecified atom stereocenters. The third kappa shape index (κ3) is 3.92. The van der Waals surface area contributed by atoms with Crippen molar-refractivity contribution in [2.45, 2.75) is 12.5 Å². The molecule has 1 fully saturated rings. The molecule has 0 bridgehead atoms. The first kappa shape index (κ1) is 12.7. The van der Waals surface area contributed by atoms with Crippen LogP contribution < -0.4 is 5.32 Å². The summed E-state index contributed by atoms with van der Waals surface area (Å²) in [6, 6.07) is -0.389. The van der Waals surface area contributed by atoms with Gasteiger partial charge in [0.2, 0.25) is 5.91 Å². The molecule has 2 N–H and O–H groups in total. The van der Waals surface area contributed by atoms with E-state index in [0.717, 1.165) is 4.90 Å². The van der Waals surface area contributed by atoms with E-state index in [4.69, 9.17) is 5.11 Å². The molecule has 1 rings (SSSR count). The molecule has 0 spiro atoms. The minimum Gasteiger partial charge on any atom is -0.395 e. The van der Waals surface area contributed by atoms with Gasteiger partial charge in [-0.25, -0.2) is 8.78 Å². The van der Waals surface area contributed by atoms with Crippen LogP contribution in [0.2, 0.25) is 0 Å². The number of aliphatic hydroxyl groups is 1. The maximum atomic E-state index is 12.2. The first-order valence-electron chi connectivity index (χ1n) is 4.64. The molecule has 15 heavy (non-hydrogen) atoms. The molecule has 0 aromatic rings. The number of nitrogens with zero attached hydrogens (tertiary/aromatic N) is 1. The Kier molecular flexibility index (Phi) is 5.27. The topological polar surface area (TPSA) is 52.6 Å². The van der Waals surface area contributed by atoms with E-state index in [2.05, 4.69) is 5.32 Å². The monoisotopic (exact) mass is 240 g/mol. The lowest BCUT2D eigenvalue weighted by atomic mass is 10.3. The maximum Gasteiger partial charge on any atom is 0.255 e. The number of alkyl halides is 2. The lowest BCUT2D eigenvalue weighted by Gasteiger charge is -2.24. The third-order valence-electron chi connectivity index (χ3n) is 2.05. The SMILES string of the molecule is O=C(C1CSCN1)N(CCO)CC(F)F. The minimum absolute atomic E-state index is 0.0357. The van der Waals surface area contributed by atoms with Crippen molar-refractivity contribution in [2.75, 3.05) is 31.3 Å². The van der Waals surface area contributed by atoms with Gasteiger partial charge in [0.15, 0.2) is 0 Å². The van der Waals surface area contributed by atoms with Crippen molar-refractivity contribution < 1.29 is 18.7 Å². The van der Waals surface area contributed by atoms with Crippen LogP contribution in [-0.4, -0.2) is 59.7 Å². The standard InChI is InChI=1S/C8H14F2N2O2S/c9-7(10)3-12(1-2-13)8(14)6-4-15-5-11-6/h6-7,11,13H,1-5H2. The van der Waals surface area contributed by atoms with Crippen LogP contribution in [0.15, 0.2) is 0 Å². The van der Waals surface area contributed by atoms with Gasteiger partial charge in [0.1, 0.15) is 0 Å². The molecule has 0 radical (unpaired) electrons. The number of aliphatic hydroxyl groups excluding tert-OH is 1. The van der Waals surface area contributed by atoms with E-state index in [1.54, 1.807) is 11.8 Å². The molecule has 0 aliphatic carbocycles. The first-order chi connectivity index (χ1) is 7.15. The number of nitrogens with one attached hydrogen (secondary N) is 1. The Labute approximate surface area is 91.0 Å². The highest BCUT2D eigenvalue weighted by molar-refractivity contribution is 7.99. The smallest absolute Gasteiger partial charge is 0.255 e. The molecule has 1 atom stereocenters. The van der Waals surface area contributed by atoms with Crippen molar-refractivity contribution in [1.82, 2.24) is 10.2 Å². The summed E-state index contributed by atoms with van der Waals surface area (Å²) in [4.78, 5) is 12.7. The maximum absolute atomic E-state index is 12.2. The van der Waals surface area contributed by atoms with E-state index < -0.39 is 13.0 Å². The van der Waals surface area contributed by atoms with Crippen molar-refractivity contribution in [3.63, 3.8) is 0 Å². The number of halogens is 2. The predicted octanol–water partition coefficient (Wildman–Crippen LogP) is -0.265. The number of amides is 1. The fourth-order valence-corrected chi connectivity index (χ4v) is 2.29. The third-order valence-corrected chi connectivity index (χ3v) is 2.99. The van der Waals surface area contributed by atoms with E-state index in [1.807, 2.05) is 0 Å². The molecule has 0 saturated carbocycles. The molecular formula is C8H14F2N2O2S. The highest BCUT2D eigenvalue weighted by Crippen LogP contribution is 2.12. The van der Waals surface area contributed by atoms with Crippen LogP contribution in [0.3, 0.4) is 0 Å². The van der Waals surface area contributed by atoms with E-state index >= 15 is 0 Å². The summed E-state index contributed by atoms with van der Waals surface area (Å²) < 4.78 is 24.3. The second-order valence-electron chi connectivity index (χ2n) is 3.17. The molecule has 88 valence electrons. The summed E-state index contributed by atoms with van der Waals surface area (Å²) in [6.45, 7) is -0.938. The van der Waals surface area contributed by atoms with Gasteiger partial charge in [0.25, 0.3) is 6.43 Å². The van der Waals surface area contributed by atoms with Gasteiger partial charge in [0.05, 0.1) is 19.2 Å². The van der Waals surface area contributed by atoms with E-state index in [0.29, 0.717) is 11.6 Å². The highest BCUT2D eigenvalue weighted by atomic mass is 32.2. The number of carbonyl (C=O) groups excluding carboxylic acids is 1.